The number of rotatable bonds is 4. The minimum absolute atomic E-state index is 0.0574. The highest BCUT2D eigenvalue weighted by molar-refractivity contribution is 6.01. The molecule has 1 fully saturated rings. The number of likely N-dealkylation sites (tertiary alicyclic amines) is 1. The van der Waals surface area contributed by atoms with E-state index in [2.05, 4.69) is 4.90 Å². The van der Waals surface area contributed by atoms with Gasteiger partial charge in [0.2, 0.25) is 0 Å². The van der Waals surface area contributed by atoms with Gasteiger partial charge in [0.15, 0.2) is 5.78 Å². The third-order valence-corrected chi connectivity index (χ3v) is 6.24. The van der Waals surface area contributed by atoms with E-state index in [0.29, 0.717) is 30.7 Å². The number of ether oxygens (including phenoxy) is 1. The average molecular weight is 393 g/mol. The molecule has 0 spiro atoms. The smallest absolute Gasteiger partial charge is 0.308 e. The van der Waals surface area contributed by atoms with Crippen molar-refractivity contribution in [1.82, 2.24) is 4.90 Å². The molecule has 1 N–H and O–H groups in total. The fourth-order valence-electron chi connectivity index (χ4n) is 4.60. The van der Waals surface area contributed by atoms with Gasteiger partial charge in [-0.25, -0.2) is 0 Å². The number of piperidine rings is 1. The average Bonchev–Trinajstić information content (AvgIpc) is 2.72. The zero-order valence-electron chi connectivity index (χ0n) is 16.8. The molecule has 1 atom stereocenters. The lowest BCUT2D eigenvalue weighted by Crippen LogP contribution is -2.45. The third-order valence-electron chi connectivity index (χ3n) is 6.24. The molecule has 1 aliphatic heterocycles. The van der Waals surface area contributed by atoms with Crippen LogP contribution in [0.4, 0.5) is 0 Å². The fraction of sp³-hybridized carbons (Fsp3) is 0.417. The minimum atomic E-state index is -0.778. The summed E-state index contributed by atoms with van der Waals surface area (Å²) in [6, 6.07) is 15.2. The Morgan fingerprint density at radius 1 is 1.14 bits per heavy atom. The van der Waals surface area contributed by atoms with Gasteiger partial charge < -0.3 is 14.7 Å². The van der Waals surface area contributed by atoms with E-state index in [-0.39, 0.29) is 17.7 Å². The molecule has 0 aromatic heterocycles. The van der Waals surface area contributed by atoms with Gasteiger partial charge in [-0.15, -0.1) is 0 Å². The zero-order chi connectivity index (χ0) is 20.4. The molecule has 2 aromatic rings. The van der Waals surface area contributed by atoms with Crippen molar-refractivity contribution in [2.75, 3.05) is 19.6 Å². The second-order valence-corrected chi connectivity index (χ2v) is 8.17. The Labute approximate surface area is 171 Å². The van der Waals surface area contributed by atoms with Gasteiger partial charge >= 0.3 is 5.97 Å². The van der Waals surface area contributed by atoms with Crippen LogP contribution >= 0.6 is 0 Å². The number of esters is 1. The number of aliphatic hydroxyl groups is 1. The number of carbonyl (C=O) groups is 2. The van der Waals surface area contributed by atoms with E-state index in [1.807, 2.05) is 36.4 Å². The molecule has 1 aliphatic carbocycles. The highest BCUT2D eigenvalue weighted by atomic mass is 16.5. The fourth-order valence-corrected chi connectivity index (χ4v) is 4.60. The summed E-state index contributed by atoms with van der Waals surface area (Å²) in [5, 5.41) is 11.0. The number of carbonyl (C=O) groups excluding carboxylic acids is 2. The van der Waals surface area contributed by atoms with Crippen LogP contribution < -0.4 is 4.74 Å². The molecule has 1 saturated heterocycles. The second-order valence-electron chi connectivity index (χ2n) is 8.17. The molecule has 152 valence electrons. The summed E-state index contributed by atoms with van der Waals surface area (Å²) < 4.78 is 5.28. The number of benzene rings is 2. The molecule has 4 rings (SSSR count). The van der Waals surface area contributed by atoms with Crippen LogP contribution in [0.1, 0.15) is 47.7 Å². The number of Topliss-reactive ketones (excluding diaryl/α,β-unsaturated/α-hetero) is 1. The van der Waals surface area contributed by atoms with Gasteiger partial charge in [-0.2, -0.15) is 0 Å². The Bertz CT molecular complexity index is 900. The molecule has 0 saturated carbocycles. The topological polar surface area (TPSA) is 66.8 Å². The minimum Gasteiger partial charge on any atom is -0.426 e. The Kier molecular flexibility index (Phi) is 5.52. The SMILES string of the molecule is CC(=O)Oc1cccc2c1CCC(CN1CCC(O)(c3ccccc3)CC1)C2=O. The number of hydrogen-bond acceptors (Lipinski definition) is 5. The van der Waals surface area contributed by atoms with Crippen molar-refractivity contribution in [2.24, 2.45) is 5.92 Å². The normalized spacial score (nSPS) is 21.4. The van der Waals surface area contributed by atoms with Crippen LogP contribution in [0.3, 0.4) is 0 Å². The summed E-state index contributed by atoms with van der Waals surface area (Å²) in [7, 11) is 0. The Balaban J connectivity index is 1.41. The van der Waals surface area contributed by atoms with Crippen LogP contribution in [0.2, 0.25) is 0 Å². The van der Waals surface area contributed by atoms with Crippen LogP contribution in [0.5, 0.6) is 5.75 Å². The highest BCUT2D eigenvalue weighted by Crippen LogP contribution is 2.35. The number of fused-ring (bicyclic) bond motifs is 1. The van der Waals surface area contributed by atoms with Crippen molar-refractivity contribution in [3.8, 4) is 5.75 Å². The summed E-state index contributed by atoms with van der Waals surface area (Å²) in [4.78, 5) is 26.7. The van der Waals surface area contributed by atoms with Crippen LogP contribution in [-0.2, 0) is 16.8 Å². The predicted molar refractivity (Wildman–Crippen MR) is 110 cm³/mol. The number of hydrogen-bond donors (Lipinski definition) is 1. The van der Waals surface area contributed by atoms with Crippen molar-refractivity contribution in [3.05, 3.63) is 65.2 Å². The standard InChI is InChI=1S/C24H27NO4/c1-17(26)29-22-9-5-8-21-20(22)11-10-18(23(21)27)16-25-14-12-24(28,13-15-25)19-6-3-2-4-7-19/h2-9,18,28H,10-16H2,1H3. The molecular weight excluding hydrogens is 366 g/mol. The van der Waals surface area contributed by atoms with Crippen molar-refractivity contribution in [3.63, 3.8) is 0 Å². The lowest BCUT2D eigenvalue weighted by atomic mass is 9.80. The molecule has 0 radical (unpaired) electrons. The van der Waals surface area contributed by atoms with Crippen LogP contribution in [0.25, 0.3) is 0 Å². The third kappa shape index (κ3) is 4.11. The quantitative estimate of drug-likeness (QED) is 0.637. The van der Waals surface area contributed by atoms with E-state index in [4.69, 9.17) is 4.74 Å². The van der Waals surface area contributed by atoms with Crippen LogP contribution in [-0.4, -0.2) is 41.4 Å². The largest absolute Gasteiger partial charge is 0.426 e. The maximum absolute atomic E-state index is 13.1. The molecule has 2 aromatic carbocycles. The second kappa shape index (κ2) is 8.09. The first-order valence-corrected chi connectivity index (χ1v) is 10.3. The van der Waals surface area contributed by atoms with Crippen LogP contribution in [0, 0.1) is 5.92 Å². The molecule has 0 bridgehead atoms. The van der Waals surface area contributed by atoms with Gasteiger partial charge in [0.05, 0.1) is 5.60 Å². The molecule has 2 aliphatic rings. The van der Waals surface area contributed by atoms with Gasteiger partial charge in [-0.3, -0.25) is 9.59 Å². The summed E-state index contributed by atoms with van der Waals surface area (Å²) in [5.74, 6) is 0.210. The van der Waals surface area contributed by atoms with Crippen molar-refractivity contribution < 1.29 is 19.4 Å². The molecule has 1 unspecified atom stereocenters. The lowest BCUT2D eigenvalue weighted by molar-refractivity contribution is -0.131. The summed E-state index contributed by atoms with van der Waals surface area (Å²) in [5.41, 5.74) is 1.72. The highest BCUT2D eigenvalue weighted by Gasteiger charge is 2.36. The van der Waals surface area contributed by atoms with Gasteiger partial charge in [0, 0.05) is 43.6 Å². The molecule has 29 heavy (non-hydrogen) atoms. The van der Waals surface area contributed by atoms with Crippen molar-refractivity contribution in [1.29, 1.82) is 0 Å². The lowest BCUT2D eigenvalue weighted by Gasteiger charge is -2.40. The number of ketones is 1. The molecule has 5 heteroatoms. The molecule has 1 heterocycles. The summed E-state index contributed by atoms with van der Waals surface area (Å²) in [6.45, 7) is 3.63. The van der Waals surface area contributed by atoms with Crippen molar-refractivity contribution >= 4 is 11.8 Å². The predicted octanol–water partition coefficient (Wildman–Crippen LogP) is 3.34. The van der Waals surface area contributed by atoms with Gasteiger partial charge in [-0.1, -0.05) is 42.5 Å². The molecule has 0 amide bonds. The van der Waals surface area contributed by atoms with E-state index < -0.39 is 5.60 Å². The van der Waals surface area contributed by atoms with E-state index in [1.54, 1.807) is 12.1 Å². The maximum atomic E-state index is 13.1. The van der Waals surface area contributed by atoms with Crippen molar-refractivity contribution in [2.45, 2.75) is 38.2 Å². The van der Waals surface area contributed by atoms with Gasteiger partial charge in [0.25, 0.3) is 0 Å². The monoisotopic (exact) mass is 393 g/mol. The summed E-state index contributed by atoms with van der Waals surface area (Å²) >= 11 is 0. The first-order valence-electron chi connectivity index (χ1n) is 10.3. The summed E-state index contributed by atoms with van der Waals surface area (Å²) in [6.07, 6.45) is 2.83. The van der Waals surface area contributed by atoms with E-state index in [9.17, 15) is 14.7 Å². The van der Waals surface area contributed by atoms with Gasteiger partial charge in [-0.05, 0) is 37.3 Å². The molecular formula is C24H27NO4. The van der Waals surface area contributed by atoms with Gasteiger partial charge in [0.1, 0.15) is 5.75 Å². The van der Waals surface area contributed by atoms with E-state index in [1.165, 1.54) is 6.92 Å². The van der Waals surface area contributed by atoms with E-state index >= 15 is 0 Å². The Morgan fingerprint density at radius 3 is 2.55 bits per heavy atom. The van der Waals surface area contributed by atoms with E-state index in [0.717, 1.165) is 37.1 Å². The number of nitrogens with zero attached hydrogens (tertiary/aromatic N) is 1. The zero-order valence-corrected chi connectivity index (χ0v) is 16.8. The van der Waals surface area contributed by atoms with Crippen LogP contribution in [0.15, 0.2) is 48.5 Å². The Hall–Kier alpha value is -2.50. The first-order chi connectivity index (χ1) is 14.0. The molecule has 5 nitrogen and oxygen atoms in total. The first kappa shape index (κ1) is 19.8. The Morgan fingerprint density at radius 2 is 1.86 bits per heavy atom. The maximum Gasteiger partial charge on any atom is 0.308 e.